The molecule has 0 amide bonds. The summed E-state index contributed by atoms with van der Waals surface area (Å²) in [6.45, 7) is 5.75. The highest BCUT2D eigenvalue weighted by atomic mass is 16.3. The molecule has 1 aliphatic heterocycles. The van der Waals surface area contributed by atoms with Crippen LogP contribution in [-0.4, -0.2) is 12.1 Å². The van der Waals surface area contributed by atoms with Crippen molar-refractivity contribution < 1.29 is 4.42 Å². The zero-order valence-corrected chi connectivity index (χ0v) is 11.2. The minimum atomic E-state index is 0.230. The maximum atomic E-state index is 5.97. The molecule has 1 aromatic heterocycles. The molecule has 1 atom stereocenters. The van der Waals surface area contributed by atoms with E-state index in [9.17, 15) is 0 Å². The highest BCUT2D eigenvalue weighted by Gasteiger charge is 2.37. The Balaban J connectivity index is 1.90. The molecule has 96 valence electrons. The van der Waals surface area contributed by atoms with Crippen LogP contribution in [0.1, 0.15) is 32.4 Å². The number of para-hydroxylation sites is 1. The molecule has 0 spiro atoms. The van der Waals surface area contributed by atoms with Crippen molar-refractivity contribution in [2.45, 2.75) is 38.6 Å². The molecule has 18 heavy (non-hydrogen) atoms. The first kappa shape index (κ1) is 11.8. The van der Waals surface area contributed by atoms with E-state index in [1.54, 1.807) is 0 Å². The molecule has 2 heterocycles. The maximum Gasteiger partial charge on any atom is 0.134 e. The fourth-order valence-electron chi connectivity index (χ4n) is 3.11. The SMILES string of the molecule is CC(C)C1(Cc2cc3ccccc3o2)CCCN1. The van der Waals surface area contributed by atoms with Gasteiger partial charge in [-0.1, -0.05) is 32.0 Å². The normalized spacial score (nSPS) is 24.2. The van der Waals surface area contributed by atoms with Crippen LogP contribution in [0.15, 0.2) is 34.7 Å². The van der Waals surface area contributed by atoms with E-state index in [0.717, 1.165) is 24.3 Å². The summed E-state index contributed by atoms with van der Waals surface area (Å²) < 4.78 is 5.97. The molecular formula is C16H21NO. The zero-order chi connectivity index (χ0) is 12.6. The van der Waals surface area contributed by atoms with Gasteiger partial charge in [0.1, 0.15) is 11.3 Å². The number of hydrogen-bond acceptors (Lipinski definition) is 2. The molecule has 1 aromatic carbocycles. The molecule has 1 unspecified atom stereocenters. The number of benzene rings is 1. The largest absolute Gasteiger partial charge is 0.461 e. The Morgan fingerprint density at radius 3 is 2.83 bits per heavy atom. The van der Waals surface area contributed by atoms with Crippen LogP contribution in [0.2, 0.25) is 0 Å². The quantitative estimate of drug-likeness (QED) is 0.888. The molecule has 2 heteroatoms. The van der Waals surface area contributed by atoms with Gasteiger partial charge in [-0.05, 0) is 37.4 Å². The standard InChI is InChI=1S/C16H21NO/c1-12(2)16(8-5-9-17-16)11-14-10-13-6-3-4-7-15(13)18-14/h3-4,6-7,10,12,17H,5,8-9,11H2,1-2H3. The van der Waals surface area contributed by atoms with Gasteiger partial charge in [0.15, 0.2) is 0 Å². The van der Waals surface area contributed by atoms with Crippen molar-refractivity contribution in [1.29, 1.82) is 0 Å². The van der Waals surface area contributed by atoms with E-state index in [1.165, 1.54) is 18.2 Å². The van der Waals surface area contributed by atoms with E-state index < -0.39 is 0 Å². The lowest BCUT2D eigenvalue weighted by Crippen LogP contribution is -2.46. The molecule has 0 saturated carbocycles. The second-order valence-corrected chi connectivity index (χ2v) is 5.77. The summed E-state index contributed by atoms with van der Waals surface area (Å²) in [5.41, 5.74) is 1.23. The number of nitrogens with one attached hydrogen (secondary N) is 1. The zero-order valence-electron chi connectivity index (χ0n) is 11.2. The first-order valence-electron chi connectivity index (χ1n) is 6.92. The molecule has 2 aromatic rings. The van der Waals surface area contributed by atoms with E-state index in [4.69, 9.17) is 4.42 Å². The van der Waals surface area contributed by atoms with Gasteiger partial charge in [0, 0.05) is 17.3 Å². The number of rotatable bonds is 3. The Bertz CT molecular complexity index is 502. The predicted octanol–water partition coefficient (Wildman–Crippen LogP) is 3.75. The first-order chi connectivity index (χ1) is 8.70. The average Bonchev–Trinajstić information content (AvgIpc) is 2.95. The van der Waals surface area contributed by atoms with E-state index in [0.29, 0.717) is 5.92 Å². The lowest BCUT2D eigenvalue weighted by Gasteiger charge is -2.33. The smallest absolute Gasteiger partial charge is 0.134 e. The minimum Gasteiger partial charge on any atom is -0.461 e. The van der Waals surface area contributed by atoms with Crippen LogP contribution in [0.3, 0.4) is 0 Å². The molecule has 1 fully saturated rings. The van der Waals surface area contributed by atoms with Crippen molar-refractivity contribution in [3.05, 3.63) is 36.1 Å². The van der Waals surface area contributed by atoms with Gasteiger partial charge in [0.05, 0.1) is 0 Å². The number of fused-ring (bicyclic) bond motifs is 1. The Hall–Kier alpha value is -1.28. The molecule has 1 N–H and O–H groups in total. The fourth-order valence-corrected chi connectivity index (χ4v) is 3.11. The highest BCUT2D eigenvalue weighted by molar-refractivity contribution is 5.77. The lowest BCUT2D eigenvalue weighted by molar-refractivity contribution is 0.255. The number of hydrogen-bond donors (Lipinski definition) is 1. The summed E-state index contributed by atoms with van der Waals surface area (Å²) in [7, 11) is 0. The van der Waals surface area contributed by atoms with Crippen molar-refractivity contribution in [1.82, 2.24) is 5.32 Å². The summed E-state index contributed by atoms with van der Waals surface area (Å²) in [6, 6.07) is 10.4. The molecular weight excluding hydrogens is 222 g/mol. The van der Waals surface area contributed by atoms with Gasteiger partial charge in [-0.15, -0.1) is 0 Å². The van der Waals surface area contributed by atoms with E-state index >= 15 is 0 Å². The number of furan rings is 1. The van der Waals surface area contributed by atoms with Gasteiger partial charge in [-0.3, -0.25) is 0 Å². The molecule has 1 saturated heterocycles. The maximum absolute atomic E-state index is 5.97. The van der Waals surface area contributed by atoms with Crippen LogP contribution in [-0.2, 0) is 6.42 Å². The van der Waals surface area contributed by atoms with E-state index in [1.807, 2.05) is 12.1 Å². The van der Waals surface area contributed by atoms with E-state index in [2.05, 4.69) is 37.4 Å². The van der Waals surface area contributed by atoms with Crippen LogP contribution in [0.4, 0.5) is 0 Å². The summed E-state index contributed by atoms with van der Waals surface area (Å²) in [4.78, 5) is 0. The summed E-state index contributed by atoms with van der Waals surface area (Å²) in [6.07, 6.45) is 3.53. The Labute approximate surface area is 108 Å². The third kappa shape index (κ3) is 1.95. The van der Waals surface area contributed by atoms with Crippen molar-refractivity contribution in [3.8, 4) is 0 Å². The van der Waals surface area contributed by atoms with Crippen LogP contribution in [0.5, 0.6) is 0 Å². The van der Waals surface area contributed by atoms with Gasteiger partial charge in [-0.25, -0.2) is 0 Å². The second-order valence-electron chi connectivity index (χ2n) is 5.77. The molecule has 1 aliphatic rings. The summed E-state index contributed by atoms with van der Waals surface area (Å²) in [5.74, 6) is 1.74. The van der Waals surface area contributed by atoms with Crippen LogP contribution >= 0.6 is 0 Å². The fraction of sp³-hybridized carbons (Fsp3) is 0.500. The Kier molecular flexibility index (Phi) is 2.90. The van der Waals surface area contributed by atoms with Gasteiger partial charge in [0.2, 0.25) is 0 Å². The summed E-state index contributed by atoms with van der Waals surface area (Å²) >= 11 is 0. The first-order valence-corrected chi connectivity index (χ1v) is 6.92. The highest BCUT2D eigenvalue weighted by Crippen LogP contribution is 2.33. The monoisotopic (exact) mass is 243 g/mol. The van der Waals surface area contributed by atoms with Crippen molar-refractivity contribution in [2.24, 2.45) is 5.92 Å². The Morgan fingerprint density at radius 2 is 2.17 bits per heavy atom. The molecule has 3 rings (SSSR count). The topological polar surface area (TPSA) is 25.2 Å². The van der Waals surface area contributed by atoms with Crippen molar-refractivity contribution in [3.63, 3.8) is 0 Å². The predicted molar refractivity (Wildman–Crippen MR) is 74.7 cm³/mol. The van der Waals surface area contributed by atoms with Gasteiger partial charge in [0.25, 0.3) is 0 Å². The lowest BCUT2D eigenvalue weighted by atomic mass is 9.81. The average molecular weight is 243 g/mol. The molecule has 0 bridgehead atoms. The summed E-state index contributed by atoms with van der Waals surface area (Å²) in [5, 5.41) is 4.91. The molecule has 0 radical (unpaired) electrons. The van der Waals surface area contributed by atoms with Crippen LogP contribution in [0.25, 0.3) is 11.0 Å². The third-order valence-corrected chi connectivity index (χ3v) is 4.35. The molecule has 2 nitrogen and oxygen atoms in total. The van der Waals surface area contributed by atoms with Crippen LogP contribution in [0, 0.1) is 5.92 Å². The Morgan fingerprint density at radius 1 is 1.33 bits per heavy atom. The molecule has 0 aliphatic carbocycles. The minimum absolute atomic E-state index is 0.230. The van der Waals surface area contributed by atoms with Crippen LogP contribution < -0.4 is 5.32 Å². The van der Waals surface area contributed by atoms with Crippen molar-refractivity contribution >= 4 is 11.0 Å². The third-order valence-electron chi connectivity index (χ3n) is 4.35. The van der Waals surface area contributed by atoms with E-state index in [-0.39, 0.29) is 5.54 Å². The van der Waals surface area contributed by atoms with Crippen molar-refractivity contribution in [2.75, 3.05) is 6.54 Å². The van der Waals surface area contributed by atoms with Gasteiger partial charge in [-0.2, -0.15) is 0 Å². The second kappa shape index (κ2) is 4.43. The van der Waals surface area contributed by atoms with Gasteiger partial charge < -0.3 is 9.73 Å². The van der Waals surface area contributed by atoms with Gasteiger partial charge >= 0.3 is 0 Å².